The Morgan fingerprint density at radius 2 is 0.618 bits per heavy atom. The van der Waals surface area contributed by atoms with Crippen molar-refractivity contribution in [1.82, 2.24) is 10.9 Å². The summed E-state index contributed by atoms with van der Waals surface area (Å²) in [4.78, 5) is 0. The molecule has 2 heteroatoms. The fourth-order valence-electron chi connectivity index (χ4n) is 6.31. The van der Waals surface area contributed by atoms with Crippen LogP contribution in [0.15, 0.2) is 121 Å². The van der Waals surface area contributed by atoms with Crippen LogP contribution >= 0.6 is 0 Å². The van der Waals surface area contributed by atoms with Gasteiger partial charge in [-0.25, -0.2) is 0 Å². The Labute approximate surface area is 203 Å². The van der Waals surface area contributed by atoms with E-state index in [9.17, 15) is 0 Å². The predicted octanol–water partition coefficient (Wildman–Crippen LogP) is 6.38. The largest absolute Gasteiger partial charge is 0.254 e. The monoisotopic (exact) mass is 444 g/mol. The summed E-state index contributed by atoms with van der Waals surface area (Å²) in [5.41, 5.74) is 13.3. The Bertz CT molecular complexity index is 1010. The van der Waals surface area contributed by atoms with Crippen molar-refractivity contribution in [2.45, 2.75) is 48.6 Å². The second kappa shape index (κ2) is 8.87. The molecule has 2 N–H and O–H groups in total. The van der Waals surface area contributed by atoms with Gasteiger partial charge in [-0.3, -0.25) is 10.9 Å². The fraction of sp³-hybridized carbons (Fsp3) is 0.250. The van der Waals surface area contributed by atoms with E-state index in [2.05, 4.69) is 132 Å². The maximum absolute atomic E-state index is 3.71. The minimum atomic E-state index is 0.110. The van der Waals surface area contributed by atoms with Gasteiger partial charge in [0.15, 0.2) is 0 Å². The first-order valence-corrected chi connectivity index (χ1v) is 12.5. The average molecular weight is 445 g/mol. The molecule has 34 heavy (non-hydrogen) atoms. The number of nitrogens with one attached hydrogen (secondary N) is 2. The molecule has 0 unspecified atom stereocenters. The Hall–Kier alpha value is -3.20. The van der Waals surface area contributed by atoms with Gasteiger partial charge < -0.3 is 0 Å². The Morgan fingerprint density at radius 3 is 0.853 bits per heavy atom. The highest BCUT2D eigenvalue weighted by atomic mass is 15.4. The van der Waals surface area contributed by atoms with E-state index >= 15 is 0 Å². The van der Waals surface area contributed by atoms with Crippen LogP contribution in [0, 0.1) is 0 Å². The van der Waals surface area contributed by atoms with Crippen LogP contribution in [0.5, 0.6) is 0 Å². The molecule has 4 aromatic carbocycles. The minimum Gasteiger partial charge on any atom is -0.254 e. The summed E-state index contributed by atoms with van der Waals surface area (Å²) in [5.74, 6) is 0. The van der Waals surface area contributed by atoms with Gasteiger partial charge in [-0.15, -0.1) is 0 Å². The summed E-state index contributed by atoms with van der Waals surface area (Å²) in [6.07, 6.45) is 4.46. The summed E-state index contributed by atoms with van der Waals surface area (Å²) in [6.45, 7) is 0. The van der Waals surface area contributed by atoms with E-state index in [-0.39, 0.29) is 10.8 Å². The normalized spacial score (nSPS) is 19.2. The van der Waals surface area contributed by atoms with Crippen molar-refractivity contribution in [3.8, 4) is 0 Å². The van der Waals surface area contributed by atoms with Gasteiger partial charge in [0.05, 0.1) is 0 Å². The molecule has 0 aliphatic heterocycles. The molecule has 0 heterocycles. The molecular formula is C32H32N2. The topological polar surface area (TPSA) is 24.1 Å². The Kier molecular flexibility index (Phi) is 5.57. The third-order valence-electron chi connectivity index (χ3n) is 8.18. The molecule has 2 nitrogen and oxygen atoms in total. The van der Waals surface area contributed by atoms with Crippen LogP contribution in [0.25, 0.3) is 0 Å². The molecule has 170 valence electrons. The summed E-state index contributed by atoms with van der Waals surface area (Å²) in [7, 11) is 0. The van der Waals surface area contributed by atoms with Gasteiger partial charge in [0.25, 0.3) is 0 Å². The quantitative estimate of drug-likeness (QED) is 0.323. The first-order chi connectivity index (χ1) is 16.8. The Morgan fingerprint density at radius 1 is 0.382 bits per heavy atom. The molecule has 0 radical (unpaired) electrons. The highest BCUT2D eigenvalue weighted by Crippen LogP contribution is 2.50. The van der Waals surface area contributed by atoms with Crippen molar-refractivity contribution < 1.29 is 0 Å². The standard InChI is InChI=1S/C32H32N2/c1-5-13-25(14-6-1)31(26-15-7-2-8-16-26)21-29(22-31)33-34-30-23-32(24-30,27-17-9-3-10-18-27)28-19-11-4-12-20-28/h1-20,29-30,33-34H,21-24H2. The molecule has 6 rings (SSSR count). The number of hydrogen-bond donors (Lipinski definition) is 2. The molecule has 2 fully saturated rings. The van der Waals surface area contributed by atoms with Crippen LogP contribution in [0.4, 0.5) is 0 Å². The van der Waals surface area contributed by atoms with E-state index in [1.807, 2.05) is 0 Å². The van der Waals surface area contributed by atoms with E-state index in [0.29, 0.717) is 12.1 Å². The number of benzene rings is 4. The smallest absolute Gasteiger partial charge is 0.0236 e. The summed E-state index contributed by atoms with van der Waals surface area (Å²) in [6, 6.07) is 45.0. The maximum Gasteiger partial charge on any atom is 0.0236 e. The van der Waals surface area contributed by atoms with Crippen LogP contribution < -0.4 is 10.9 Å². The summed E-state index contributed by atoms with van der Waals surface area (Å²) < 4.78 is 0. The molecule has 0 spiro atoms. The maximum atomic E-state index is 3.71. The molecule has 0 aromatic heterocycles. The zero-order valence-electron chi connectivity index (χ0n) is 19.5. The molecule has 0 saturated heterocycles. The first kappa shape index (κ1) is 21.3. The van der Waals surface area contributed by atoms with Crippen LogP contribution in [0.1, 0.15) is 47.9 Å². The lowest BCUT2D eigenvalue weighted by molar-refractivity contribution is 0.138. The molecule has 0 atom stereocenters. The third kappa shape index (κ3) is 3.68. The van der Waals surface area contributed by atoms with Gasteiger partial charge in [0, 0.05) is 22.9 Å². The van der Waals surface area contributed by atoms with E-state index in [1.165, 1.54) is 22.3 Å². The lowest BCUT2D eigenvalue weighted by atomic mass is 9.57. The van der Waals surface area contributed by atoms with E-state index in [1.54, 1.807) is 0 Å². The number of hydrogen-bond acceptors (Lipinski definition) is 2. The second-order valence-electron chi connectivity index (χ2n) is 10.1. The SMILES string of the molecule is c1ccc(C2(c3ccccc3)CC(NNC3CC(c4ccccc4)(c4ccccc4)C3)C2)cc1. The minimum absolute atomic E-state index is 0.110. The van der Waals surface area contributed by atoms with Gasteiger partial charge >= 0.3 is 0 Å². The average Bonchev–Trinajstić information content (AvgIpc) is 2.87. The predicted molar refractivity (Wildman–Crippen MR) is 140 cm³/mol. The van der Waals surface area contributed by atoms with E-state index in [4.69, 9.17) is 0 Å². The lowest BCUT2D eigenvalue weighted by Crippen LogP contribution is -2.62. The molecule has 0 bridgehead atoms. The molecule has 2 aliphatic rings. The van der Waals surface area contributed by atoms with Gasteiger partial charge in [-0.2, -0.15) is 0 Å². The van der Waals surface area contributed by atoms with Crippen LogP contribution in [-0.2, 0) is 10.8 Å². The molecular weight excluding hydrogens is 412 g/mol. The van der Waals surface area contributed by atoms with E-state index in [0.717, 1.165) is 25.7 Å². The van der Waals surface area contributed by atoms with Crippen molar-refractivity contribution in [2.75, 3.05) is 0 Å². The van der Waals surface area contributed by atoms with Gasteiger partial charge in [-0.1, -0.05) is 121 Å². The lowest BCUT2D eigenvalue weighted by Gasteiger charge is -2.52. The summed E-state index contributed by atoms with van der Waals surface area (Å²) in [5, 5.41) is 0. The van der Waals surface area contributed by atoms with Gasteiger partial charge in [-0.05, 0) is 47.9 Å². The molecule has 4 aromatic rings. The molecule has 2 aliphatic carbocycles. The zero-order chi connectivity index (χ0) is 22.8. The van der Waals surface area contributed by atoms with Crippen molar-refractivity contribution in [1.29, 1.82) is 0 Å². The summed E-state index contributed by atoms with van der Waals surface area (Å²) >= 11 is 0. The highest BCUT2D eigenvalue weighted by Gasteiger charge is 2.49. The third-order valence-corrected chi connectivity index (χ3v) is 8.18. The van der Waals surface area contributed by atoms with Crippen LogP contribution in [0.2, 0.25) is 0 Å². The van der Waals surface area contributed by atoms with Crippen LogP contribution in [-0.4, -0.2) is 12.1 Å². The molecule has 0 amide bonds. The van der Waals surface area contributed by atoms with Crippen molar-refractivity contribution in [2.24, 2.45) is 0 Å². The van der Waals surface area contributed by atoms with Gasteiger partial charge in [0.2, 0.25) is 0 Å². The molecule has 2 saturated carbocycles. The first-order valence-electron chi connectivity index (χ1n) is 12.5. The number of rotatable bonds is 7. The zero-order valence-corrected chi connectivity index (χ0v) is 19.5. The van der Waals surface area contributed by atoms with Crippen LogP contribution in [0.3, 0.4) is 0 Å². The van der Waals surface area contributed by atoms with Crippen molar-refractivity contribution in [3.05, 3.63) is 144 Å². The van der Waals surface area contributed by atoms with Crippen molar-refractivity contribution >= 4 is 0 Å². The fourth-order valence-corrected chi connectivity index (χ4v) is 6.31. The van der Waals surface area contributed by atoms with Crippen molar-refractivity contribution in [3.63, 3.8) is 0 Å². The van der Waals surface area contributed by atoms with E-state index < -0.39 is 0 Å². The highest BCUT2D eigenvalue weighted by molar-refractivity contribution is 5.44. The number of hydrazine groups is 1. The van der Waals surface area contributed by atoms with Gasteiger partial charge in [0.1, 0.15) is 0 Å². The Balaban J connectivity index is 1.13. The second-order valence-corrected chi connectivity index (χ2v) is 10.1.